The molecule has 8 nitrogen and oxygen atoms in total. The number of benzene rings is 3. The maximum absolute atomic E-state index is 13.8. The second-order valence-corrected chi connectivity index (χ2v) is 11.5. The maximum Gasteiger partial charge on any atom is 0.408 e. The highest BCUT2D eigenvalue weighted by molar-refractivity contribution is 5.87. The molecule has 0 unspecified atom stereocenters. The van der Waals surface area contributed by atoms with Crippen molar-refractivity contribution in [2.75, 3.05) is 13.2 Å². The number of hydroxylamine groups is 2. The van der Waals surface area contributed by atoms with Crippen molar-refractivity contribution in [1.82, 2.24) is 15.7 Å². The number of nitrogens with zero attached hydrogens (tertiary/aromatic N) is 1. The lowest BCUT2D eigenvalue weighted by Crippen LogP contribution is -2.48. The van der Waals surface area contributed by atoms with Gasteiger partial charge >= 0.3 is 6.09 Å². The van der Waals surface area contributed by atoms with Crippen LogP contribution in [-0.2, 0) is 24.7 Å². The fourth-order valence-electron chi connectivity index (χ4n) is 5.07. The standard InChI is InChI=1S/C35H41N3O5/c1-34(2,3)43-33(41)36-30(22-24-32(40)38-25-13-14-26-42-38)21-23-31(39)37-35(27-15-7-4-8-16-27,28-17-9-5-10-18-28)29-19-11-6-12-20-29/h4-12,15-20,22,24,30H,13-14,21,23,25-26H2,1-3H3,(H,36,41)(H,37,39)/b24-22+/t30-/m0/s1. The highest BCUT2D eigenvalue weighted by atomic mass is 16.7. The lowest BCUT2D eigenvalue weighted by atomic mass is 9.77. The summed E-state index contributed by atoms with van der Waals surface area (Å²) in [6.45, 7) is 6.33. The minimum absolute atomic E-state index is 0.0768. The van der Waals surface area contributed by atoms with Crippen molar-refractivity contribution < 1.29 is 24.0 Å². The second-order valence-electron chi connectivity index (χ2n) is 11.5. The van der Waals surface area contributed by atoms with E-state index in [0.29, 0.717) is 13.2 Å². The Morgan fingerprint density at radius 1 is 0.860 bits per heavy atom. The van der Waals surface area contributed by atoms with Crippen LogP contribution in [0.15, 0.2) is 103 Å². The number of ether oxygens (including phenoxy) is 1. The normalized spacial score (nSPS) is 14.6. The molecule has 4 rings (SSSR count). The Morgan fingerprint density at radius 2 is 1.40 bits per heavy atom. The maximum atomic E-state index is 13.8. The SMILES string of the molecule is CC(C)(C)OC(=O)N[C@H](/C=C/C(=O)N1CCCCO1)CCC(=O)NC(c1ccccc1)(c1ccccc1)c1ccccc1. The van der Waals surface area contributed by atoms with Gasteiger partial charge in [-0.05, 0) is 56.7 Å². The fourth-order valence-corrected chi connectivity index (χ4v) is 5.07. The number of rotatable bonds is 10. The van der Waals surface area contributed by atoms with Crippen molar-refractivity contribution in [2.45, 2.75) is 63.6 Å². The molecular weight excluding hydrogens is 542 g/mol. The average Bonchev–Trinajstić information content (AvgIpc) is 3.02. The predicted octanol–water partition coefficient (Wildman–Crippen LogP) is 5.88. The minimum Gasteiger partial charge on any atom is -0.444 e. The van der Waals surface area contributed by atoms with Crippen LogP contribution in [-0.4, -0.2) is 47.8 Å². The summed E-state index contributed by atoms with van der Waals surface area (Å²) >= 11 is 0. The monoisotopic (exact) mass is 583 g/mol. The van der Waals surface area contributed by atoms with Gasteiger partial charge in [0.05, 0.1) is 12.6 Å². The van der Waals surface area contributed by atoms with Gasteiger partial charge in [0.25, 0.3) is 5.91 Å². The van der Waals surface area contributed by atoms with Crippen LogP contribution in [0.25, 0.3) is 0 Å². The van der Waals surface area contributed by atoms with Crippen molar-refractivity contribution in [3.05, 3.63) is 120 Å². The zero-order valence-electron chi connectivity index (χ0n) is 25.1. The van der Waals surface area contributed by atoms with Crippen molar-refractivity contribution in [1.29, 1.82) is 0 Å². The first kappa shape index (κ1) is 31.5. The van der Waals surface area contributed by atoms with E-state index in [1.165, 1.54) is 11.1 Å². The van der Waals surface area contributed by atoms with Crippen LogP contribution in [0, 0.1) is 0 Å². The summed E-state index contributed by atoms with van der Waals surface area (Å²) in [5.74, 6) is -0.525. The first-order valence-electron chi connectivity index (χ1n) is 14.8. The summed E-state index contributed by atoms with van der Waals surface area (Å²) < 4.78 is 5.45. The third kappa shape index (κ3) is 8.78. The quantitative estimate of drug-likeness (QED) is 0.230. The van der Waals surface area contributed by atoms with Crippen molar-refractivity contribution in [3.8, 4) is 0 Å². The summed E-state index contributed by atoms with van der Waals surface area (Å²) in [5.41, 5.74) is 1.09. The molecule has 2 N–H and O–H groups in total. The van der Waals surface area contributed by atoms with Crippen molar-refractivity contribution in [3.63, 3.8) is 0 Å². The lowest BCUT2D eigenvalue weighted by molar-refractivity contribution is -0.191. The molecule has 0 radical (unpaired) electrons. The summed E-state index contributed by atoms with van der Waals surface area (Å²) in [6, 6.07) is 29.0. The summed E-state index contributed by atoms with van der Waals surface area (Å²) in [6.07, 6.45) is 4.44. The van der Waals surface area contributed by atoms with Gasteiger partial charge in [-0.1, -0.05) is 97.1 Å². The molecule has 0 spiro atoms. The van der Waals surface area contributed by atoms with Gasteiger partial charge in [-0.3, -0.25) is 14.4 Å². The highest BCUT2D eigenvalue weighted by Crippen LogP contribution is 2.37. The molecule has 3 aromatic rings. The molecular formula is C35H41N3O5. The van der Waals surface area contributed by atoms with Gasteiger partial charge in [0.15, 0.2) is 0 Å². The van der Waals surface area contributed by atoms with Crippen LogP contribution >= 0.6 is 0 Å². The van der Waals surface area contributed by atoms with E-state index < -0.39 is 23.3 Å². The van der Waals surface area contributed by atoms with E-state index in [-0.39, 0.29) is 24.7 Å². The molecule has 3 aromatic carbocycles. The molecule has 0 bridgehead atoms. The topological polar surface area (TPSA) is 97.0 Å². The highest BCUT2D eigenvalue weighted by Gasteiger charge is 2.37. The predicted molar refractivity (Wildman–Crippen MR) is 166 cm³/mol. The number of hydrogen-bond donors (Lipinski definition) is 2. The zero-order chi connectivity index (χ0) is 30.7. The molecule has 3 amide bonds. The van der Waals surface area contributed by atoms with Crippen LogP contribution in [0.3, 0.4) is 0 Å². The Balaban J connectivity index is 1.58. The molecule has 1 atom stereocenters. The number of amides is 3. The smallest absolute Gasteiger partial charge is 0.408 e. The number of alkyl carbamates (subject to hydrolysis) is 1. The van der Waals surface area contributed by atoms with Gasteiger partial charge in [0.1, 0.15) is 11.1 Å². The molecule has 1 fully saturated rings. The molecule has 43 heavy (non-hydrogen) atoms. The van der Waals surface area contributed by atoms with Gasteiger partial charge in [-0.2, -0.15) is 0 Å². The third-order valence-corrected chi connectivity index (χ3v) is 7.05. The van der Waals surface area contributed by atoms with Gasteiger partial charge in [0, 0.05) is 19.0 Å². The zero-order valence-corrected chi connectivity index (χ0v) is 25.1. The average molecular weight is 584 g/mol. The molecule has 0 saturated carbocycles. The Morgan fingerprint density at radius 3 is 1.86 bits per heavy atom. The molecule has 1 aliphatic rings. The molecule has 8 heteroatoms. The van der Waals surface area contributed by atoms with Crippen molar-refractivity contribution >= 4 is 17.9 Å². The summed E-state index contributed by atoms with van der Waals surface area (Å²) in [7, 11) is 0. The van der Waals surface area contributed by atoms with Crippen molar-refractivity contribution in [2.24, 2.45) is 0 Å². The van der Waals surface area contributed by atoms with Crippen LogP contribution in [0.4, 0.5) is 4.79 Å². The minimum atomic E-state index is -0.952. The lowest BCUT2D eigenvalue weighted by Gasteiger charge is -2.37. The Labute approximate surface area is 254 Å². The number of carbonyl (C=O) groups is 3. The second kappa shape index (κ2) is 14.6. The molecule has 1 heterocycles. The molecule has 1 saturated heterocycles. The van der Waals surface area contributed by atoms with E-state index in [1.54, 1.807) is 26.8 Å². The largest absolute Gasteiger partial charge is 0.444 e. The van der Waals surface area contributed by atoms with Gasteiger partial charge in [0.2, 0.25) is 5.91 Å². The van der Waals surface area contributed by atoms with Crippen LogP contribution in [0.1, 0.15) is 63.1 Å². The van der Waals surface area contributed by atoms with Crippen LogP contribution in [0.2, 0.25) is 0 Å². The van der Waals surface area contributed by atoms with Crippen LogP contribution in [0.5, 0.6) is 0 Å². The van der Waals surface area contributed by atoms with E-state index in [2.05, 4.69) is 10.6 Å². The van der Waals surface area contributed by atoms with Gasteiger partial charge in [-0.15, -0.1) is 0 Å². The van der Waals surface area contributed by atoms with E-state index in [4.69, 9.17) is 9.57 Å². The molecule has 0 aliphatic carbocycles. The molecule has 226 valence electrons. The first-order chi connectivity index (χ1) is 20.7. The Hall–Kier alpha value is -4.43. The van der Waals surface area contributed by atoms with E-state index in [1.807, 2.05) is 91.0 Å². The summed E-state index contributed by atoms with van der Waals surface area (Å²) in [5, 5.41) is 7.47. The number of nitrogens with one attached hydrogen (secondary N) is 2. The Bertz CT molecular complexity index is 1270. The van der Waals surface area contributed by atoms with Gasteiger partial charge < -0.3 is 15.4 Å². The fraction of sp³-hybridized carbons (Fsp3) is 0.343. The summed E-state index contributed by atoms with van der Waals surface area (Å²) in [4.78, 5) is 44.6. The number of hydrogen-bond acceptors (Lipinski definition) is 5. The van der Waals surface area contributed by atoms with E-state index in [9.17, 15) is 14.4 Å². The Kier molecular flexibility index (Phi) is 10.7. The first-order valence-corrected chi connectivity index (χ1v) is 14.8. The van der Waals surface area contributed by atoms with E-state index in [0.717, 1.165) is 29.5 Å². The van der Waals surface area contributed by atoms with Crippen LogP contribution < -0.4 is 10.6 Å². The number of carbonyl (C=O) groups excluding carboxylic acids is 3. The van der Waals surface area contributed by atoms with E-state index >= 15 is 0 Å². The molecule has 1 aliphatic heterocycles. The third-order valence-electron chi connectivity index (χ3n) is 7.05. The molecule has 0 aromatic heterocycles. The van der Waals surface area contributed by atoms with Gasteiger partial charge in [-0.25, -0.2) is 9.86 Å².